The van der Waals surface area contributed by atoms with Crippen LogP contribution in [0.25, 0.3) is 11.3 Å². The number of aryl methyl sites for hydroxylation is 2. The third-order valence-electron chi connectivity index (χ3n) is 3.42. The van der Waals surface area contributed by atoms with Crippen molar-refractivity contribution < 1.29 is 9.13 Å². The molecule has 3 heteroatoms. The van der Waals surface area contributed by atoms with Crippen molar-refractivity contribution >= 4 is 0 Å². The number of hydrogen-bond acceptors (Lipinski definition) is 2. The van der Waals surface area contributed by atoms with Crippen molar-refractivity contribution in [2.45, 2.75) is 19.3 Å². The number of rotatable bonds is 2. The molecule has 0 saturated heterocycles. The number of fused-ring (bicyclic) bond motifs is 1. The first-order chi connectivity index (χ1) is 8.78. The Morgan fingerprint density at radius 1 is 1.17 bits per heavy atom. The summed E-state index contributed by atoms with van der Waals surface area (Å²) in [6.07, 6.45) is 5.19. The standard InChI is InChI=1S/C15H14FNO/c1-18-12-5-6-14(16)13(8-12)15-7-10-3-2-4-11(10)9-17-15/h5-9H,2-4H2,1H3. The Balaban J connectivity index is 2.09. The molecule has 1 aliphatic rings. The molecule has 18 heavy (non-hydrogen) atoms. The summed E-state index contributed by atoms with van der Waals surface area (Å²) in [5.41, 5.74) is 3.78. The topological polar surface area (TPSA) is 22.1 Å². The first-order valence-corrected chi connectivity index (χ1v) is 6.09. The highest BCUT2D eigenvalue weighted by Gasteiger charge is 2.14. The van der Waals surface area contributed by atoms with Gasteiger partial charge in [-0.15, -0.1) is 0 Å². The predicted octanol–water partition coefficient (Wildman–Crippen LogP) is 3.39. The van der Waals surface area contributed by atoms with Gasteiger partial charge < -0.3 is 4.74 Å². The van der Waals surface area contributed by atoms with E-state index in [4.69, 9.17) is 4.74 Å². The minimum Gasteiger partial charge on any atom is -0.497 e. The molecule has 0 radical (unpaired) electrons. The van der Waals surface area contributed by atoms with Gasteiger partial charge in [0.15, 0.2) is 0 Å². The lowest BCUT2D eigenvalue weighted by Gasteiger charge is -2.07. The molecule has 0 saturated carbocycles. The van der Waals surface area contributed by atoms with Crippen molar-refractivity contribution in [3.63, 3.8) is 0 Å². The van der Waals surface area contributed by atoms with Crippen molar-refractivity contribution in [3.05, 3.63) is 47.4 Å². The maximum absolute atomic E-state index is 13.8. The van der Waals surface area contributed by atoms with Gasteiger partial charge in [-0.1, -0.05) is 0 Å². The Hall–Kier alpha value is -1.90. The fourth-order valence-electron chi connectivity index (χ4n) is 2.43. The van der Waals surface area contributed by atoms with Crippen LogP contribution in [0.1, 0.15) is 17.5 Å². The first kappa shape index (κ1) is 11.2. The van der Waals surface area contributed by atoms with Gasteiger partial charge in [0.2, 0.25) is 0 Å². The average Bonchev–Trinajstić information content (AvgIpc) is 2.86. The number of methoxy groups -OCH3 is 1. The number of aromatic nitrogens is 1. The van der Waals surface area contributed by atoms with Crippen molar-refractivity contribution in [2.75, 3.05) is 7.11 Å². The van der Waals surface area contributed by atoms with Crippen LogP contribution < -0.4 is 4.74 Å². The minimum absolute atomic E-state index is 0.263. The second-order valence-corrected chi connectivity index (χ2v) is 4.54. The smallest absolute Gasteiger partial charge is 0.132 e. The molecule has 0 atom stereocenters. The molecule has 92 valence electrons. The molecule has 0 amide bonds. The van der Waals surface area contributed by atoms with E-state index in [1.807, 2.05) is 12.3 Å². The number of halogens is 1. The van der Waals surface area contributed by atoms with Crippen LogP contribution in [0.2, 0.25) is 0 Å². The van der Waals surface area contributed by atoms with E-state index in [1.54, 1.807) is 19.2 Å². The lowest BCUT2D eigenvalue weighted by molar-refractivity contribution is 0.414. The fourth-order valence-corrected chi connectivity index (χ4v) is 2.43. The Kier molecular flexibility index (Phi) is 2.74. The molecule has 2 aromatic rings. The number of benzene rings is 1. The average molecular weight is 243 g/mol. The third kappa shape index (κ3) is 1.86. The molecule has 1 aromatic heterocycles. The summed E-state index contributed by atoms with van der Waals surface area (Å²) < 4.78 is 19.0. The Morgan fingerprint density at radius 2 is 2.00 bits per heavy atom. The molecular formula is C15H14FNO. The lowest BCUT2D eigenvalue weighted by atomic mass is 10.1. The van der Waals surface area contributed by atoms with E-state index in [1.165, 1.54) is 23.6 Å². The minimum atomic E-state index is -0.263. The summed E-state index contributed by atoms with van der Waals surface area (Å²) in [5.74, 6) is 0.384. The molecule has 0 spiro atoms. The summed E-state index contributed by atoms with van der Waals surface area (Å²) in [6.45, 7) is 0. The summed E-state index contributed by atoms with van der Waals surface area (Å²) in [6, 6.07) is 6.73. The van der Waals surface area contributed by atoms with E-state index in [0.717, 1.165) is 12.8 Å². The van der Waals surface area contributed by atoms with Crippen LogP contribution >= 0.6 is 0 Å². The zero-order valence-corrected chi connectivity index (χ0v) is 10.2. The molecule has 3 rings (SSSR count). The highest BCUT2D eigenvalue weighted by molar-refractivity contribution is 5.63. The van der Waals surface area contributed by atoms with E-state index in [9.17, 15) is 4.39 Å². The summed E-state index contributed by atoms with van der Waals surface area (Å²) in [5, 5.41) is 0. The molecule has 1 aliphatic carbocycles. The second-order valence-electron chi connectivity index (χ2n) is 4.54. The SMILES string of the molecule is COc1ccc(F)c(-c2cc3c(cn2)CCC3)c1. The zero-order valence-electron chi connectivity index (χ0n) is 10.2. The van der Waals surface area contributed by atoms with E-state index in [-0.39, 0.29) is 5.82 Å². The molecule has 0 fully saturated rings. The van der Waals surface area contributed by atoms with Crippen LogP contribution in [0.15, 0.2) is 30.5 Å². The van der Waals surface area contributed by atoms with Crippen LogP contribution in [0.3, 0.4) is 0 Å². The molecule has 0 aliphatic heterocycles. The second kappa shape index (κ2) is 4.41. The maximum Gasteiger partial charge on any atom is 0.132 e. The predicted molar refractivity (Wildman–Crippen MR) is 68.2 cm³/mol. The largest absolute Gasteiger partial charge is 0.497 e. The molecule has 2 nitrogen and oxygen atoms in total. The van der Waals surface area contributed by atoms with Gasteiger partial charge >= 0.3 is 0 Å². The van der Waals surface area contributed by atoms with Crippen molar-refractivity contribution in [1.29, 1.82) is 0 Å². The van der Waals surface area contributed by atoms with Gasteiger partial charge in [0.1, 0.15) is 11.6 Å². The quantitative estimate of drug-likeness (QED) is 0.806. The number of ether oxygens (including phenoxy) is 1. The van der Waals surface area contributed by atoms with Crippen LogP contribution in [0.4, 0.5) is 4.39 Å². The Labute approximate surface area is 105 Å². The maximum atomic E-state index is 13.8. The normalized spacial score (nSPS) is 13.4. The third-order valence-corrected chi connectivity index (χ3v) is 3.42. The number of hydrogen-bond donors (Lipinski definition) is 0. The molecule has 0 bridgehead atoms. The van der Waals surface area contributed by atoms with Gasteiger partial charge in [-0.25, -0.2) is 4.39 Å². The Morgan fingerprint density at radius 3 is 2.83 bits per heavy atom. The molecule has 1 aromatic carbocycles. The Bertz CT molecular complexity index is 595. The van der Waals surface area contributed by atoms with Crippen molar-refractivity contribution in [1.82, 2.24) is 4.98 Å². The van der Waals surface area contributed by atoms with E-state index >= 15 is 0 Å². The van der Waals surface area contributed by atoms with Crippen LogP contribution in [-0.2, 0) is 12.8 Å². The monoisotopic (exact) mass is 243 g/mol. The lowest BCUT2D eigenvalue weighted by Crippen LogP contribution is -1.93. The summed E-state index contributed by atoms with van der Waals surface area (Å²) in [7, 11) is 1.58. The highest BCUT2D eigenvalue weighted by Crippen LogP contribution is 2.29. The van der Waals surface area contributed by atoms with E-state index < -0.39 is 0 Å². The molecule has 1 heterocycles. The van der Waals surface area contributed by atoms with Gasteiger partial charge in [0.25, 0.3) is 0 Å². The summed E-state index contributed by atoms with van der Waals surface area (Å²) in [4.78, 5) is 4.36. The first-order valence-electron chi connectivity index (χ1n) is 6.09. The van der Waals surface area contributed by atoms with E-state index in [0.29, 0.717) is 17.0 Å². The van der Waals surface area contributed by atoms with Gasteiger partial charge in [0, 0.05) is 11.8 Å². The fraction of sp³-hybridized carbons (Fsp3) is 0.267. The molecule has 0 unspecified atom stereocenters. The van der Waals surface area contributed by atoms with Crippen molar-refractivity contribution in [2.24, 2.45) is 0 Å². The van der Waals surface area contributed by atoms with Crippen molar-refractivity contribution in [3.8, 4) is 17.0 Å². The number of nitrogens with zero attached hydrogens (tertiary/aromatic N) is 1. The van der Waals surface area contributed by atoms with Gasteiger partial charge in [-0.05, 0) is 54.7 Å². The highest BCUT2D eigenvalue weighted by atomic mass is 19.1. The molecule has 0 N–H and O–H groups in total. The van der Waals surface area contributed by atoms with E-state index in [2.05, 4.69) is 4.98 Å². The van der Waals surface area contributed by atoms with Gasteiger partial charge in [0.05, 0.1) is 12.8 Å². The van der Waals surface area contributed by atoms with Crippen LogP contribution in [-0.4, -0.2) is 12.1 Å². The van der Waals surface area contributed by atoms with Crippen LogP contribution in [0, 0.1) is 5.82 Å². The zero-order chi connectivity index (χ0) is 12.5. The van der Waals surface area contributed by atoms with Gasteiger partial charge in [-0.2, -0.15) is 0 Å². The summed E-state index contributed by atoms with van der Waals surface area (Å²) >= 11 is 0. The molecular weight excluding hydrogens is 229 g/mol. The van der Waals surface area contributed by atoms with Gasteiger partial charge in [-0.3, -0.25) is 4.98 Å². The van der Waals surface area contributed by atoms with Crippen LogP contribution in [0.5, 0.6) is 5.75 Å². The number of pyridine rings is 1.